The number of nitrogens with two attached hydrogens (primary N) is 1. The van der Waals surface area contributed by atoms with Gasteiger partial charge in [-0.2, -0.15) is 0 Å². The van der Waals surface area contributed by atoms with Gasteiger partial charge in [-0.05, 0) is 31.2 Å². The first kappa shape index (κ1) is 11.2. The summed E-state index contributed by atoms with van der Waals surface area (Å²) in [5, 5.41) is 0. The zero-order valence-electron chi connectivity index (χ0n) is 10.4. The first-order valence-electron chi connectivity index (χ1n) is 6.19. The van der Waals surface area contributed by atoms with Crippen molar-refractivity contribution in [2.24, 2.45) is 5.84 Å². The molecule has 2 aromatic rings. The molecule has 0 amide bonds. The van der Waals surface area contributed by atoms with Crippen LogP contribution in [0.2, 0.25) is 0 Å². The number of rotatable bonds is 3. The van der Waals surface area contributed by atoms with Crippen LogP contribution in [0.1, 0.15) is 30.0 Å². The van der Waals surface area contributed by atoms with Gasteiger partial charge in [0.25, 0.3) is 0 Å². The van der Waals surface area contributed by atoms with E-state index in [0.29, 0.717) is 11.7 Å². The molecular formula is C14H16N4. The Kier molecular flexibility index (Phi) is 2.72. The molecule has 4 heteroatoms. The predicted octanol–water partition coefficient (Wildman–Crippen LogP) is 2.62. The molecule has 1 saturated carbocycles. The quantitative estimate of drug-likeness (QED) is 0.639. The second kappa shape index (κ2) is 4.38. The molecule has 0 unspecified atom stereocenters. The molecule has 1 aromatic heterocycles. The minimum Gasteiger partial charge on any atom is -0.308 e. The van der Waals surface area contributed by atoms with Gasteiger partial charge in [0, 0.05) is 17.3 Å². The van der Waals surface area contributed by atoms with E-state index in [0.717, 1.165) is 17.1 Å². The number of nitrogen functional groups attached to an aromatic ring is 1. The summed E-state index contributed by atoms with van der Waals surface area (Å²) < 4.78 is 0. The molecule has 0 aliphatic heterocycles. The summed E-state index contributed by atoms with van der Waals surface area (Å²) in [6, 6.07) is 10.2. The Balaban J connectivity index is 2.11. The molecule has 1 heterocycles. The average Bonchev–Trinajstić information content (AvgIpc) is 3.22. The number of nitrogens with one attached hydrogen (secondary N) is 1. The average molecular weight is 240 g/mol. The largest absolute Gasteiger partial charge is 0.308 e. The van der Waals surface area contributed by atoms with Crippen molar-refractivity contribution in [2.75, 3.05) is 5.43 Å². The number of aryl methyl sites for hydroxylation is 1. The summed E-state index contributed by atoms with van der Waals surface area (Å²) in [5.41, 5.74) is 5.98. The maximum absolute atomic E-state index is 5.44. The van der Waals surface area contributed by atoms with Gasteiger partial charge in [0.15, 0.2) is 5.82 Å². The summed E-state index contributed by atoms with van der Waals surface area (Å²) in [5.74, 6) is 7.53. The monoisotopic (exact) mass is 240 g/mol. The van der Waals surface area contributed by atoms with Crippen LogP contribution in [-0.2, 0) is 0 Å². The molecule has 0 radical (unpaired) electrons. The lowest BCUT2D eigenvalue weighted by Crippen LogP contribution is -2.10. The predicted molar refractivity (Wildman–Crippen MR) is 72.0 cm³/mol. The van der Waals surface area contributed by atoms with Gasteiger partial charge in [-0.3, -0.25) is 0 Å². The highest BCUT2D eigenvalue weighted by molar-refractivity contribution is 5.63. The van der Waals surface area contributed by atoms with Gasteiger partial charge >= 0.3 is 0 Å². The Bertz CT molecular complexity index is 576. The summed E-state index contributed by atoms with van der Waals surface area (Å²) in [4.78, 5) is 8.96. The van der Waals surface area contributed by atoms with Gasteiger partial charge in [0.1, 0.15) is 5.82 Å². The highest BCUT2D eigenvalue weighted by Gasteiger charge is 2.26. The van der Waals surface area contributed by atoms with Crippen molar-refractivity contribution < 1.29 is 0 Å². The zero-order valence-corrected chi connectivity index (χ0v) is 10.4. The Morgan fingerprint density at radius 1 is 1.22 bits per heavy atom. The van der Waals surface area contributed by atoms with Gasteiger partial charge in [-0.1, -0.05) is 24.3 Å². The van der Waals surface area contributed by atoms with Gasteiger partial charge in [-0.25, -0.2) is 15.8 Å². The summed E-state index contributed by atoms with van der Waals surface area (Å²) in [6.07, 6.45) is 2.54. The number of nitrogens with zero attached hydrogens (tertiary/aromatic N) is 2. The first-order chi connectivity index (χ1) is 8.78. The van der Waals surface area contributed by atoms with Gasteiger partial charge < -0.3 is 5.43 Å². The topological polar surface area (TPSA) is 63.8 Å². The third-order valence-electron chi connectivity index (χ3n) is 3.22. The molecule has 1 aliphatic carbocycles. The van der Waals surface area contributed by atoms with Crippen LogP contribution in [-0.4, -0.2) is 9.97 Å². The highest BCUT2D eigenvalue weighted by Crippen LogP contribution is 2.43. The molecule has 92 valence electrons. The van der Waals surface area contributed by atoms with E-state index in [1.807, 2.05) is 19.1 Å². The summed E-state index contributed by atoms with van der Waals surface area (Å²) in [6.45, 7) is 1.95. The van der Waals surface area contributed by atoms with Crippen molar-refractivity contribution >= 4 is 5.82 Å². The van der Waals surface area contributed by atoms with E-state index in [2.05, 4.69) is 33.6 Å². The lowest BCUT2D eigenvalue weighted by molar-refractivity contribution is 1.07. The Morgan fingerprint density at radius 3 is 2.72 bits per heavy atom. The van der Waals surface area contributed by atoms with Crippen LogP contribution in [0.25, 0.3) is 11.4 Å². The van der Waals surface area contributed by atoms with Gasteiger partial charge in [-0.15, -0.1) is 0 Å². The molecule has 0 bridgehead atoms. The van der Waals surface area contributed by atoms with Crippen molar-refractivity contribution in [2.45, 2.75) is 25.7 Å². The van der Waals surface area contributed by atoms with Crippen molar-refractivity contribution in [3.63, 3.8) is 0 Å². The maximum atomic E-state index is 5.44. The van der Waals surface area contributed by atoms with Crippen LogP contribution < -0.4 is 11.3 Å². The fourth-order valence-corrected chi connectivity index (χ4v) is 2.21. The maximum Gasteiger partial charge on any atom is 0.162 e. The Labute approximate surface area is 106 Å². The smallest absolute Gasteiger partial charge is 0.162 e. The number of aromatic nitrogens is 2. The van der Waals surface area contributed by atoms with Crippen LogP contribution in [0.3, 0.4) is 0 Å². The number of hydrogen-bond donors (Lipinski definition) is 2. The minimum absolute atomic E-state index is 0.656. The normalized spacial score (nSPS) is 14.6. The fourth-order valence-electron chi connectivity index (χ4n) is 2.21. The fraction of sp³-hybridized carbons (Fsp3) is 0.286. The van der Waals surface area contributed by atoms with Crippen molar-refractivity contribution in [1.29, 1.82) is 0 Å². The standard InChI is InChI=1S/C14H16N4/c1-9-8-13(18-15)17-14(16-9)12-5-3-2-4-11(12)10-6-7-10/h2-5,8,10H,6-7,15H2,1H3,(H,16,17,18). The lowest BCUT2D eigenvalue weighted by Gasteiger charge is -2.09. The Hall–Kier alpha value is -1.94. The summed E-state index contributed by atoms with van der Waals surface area (Å²) in [7, 11) is 0. The van der Waals surface area contributed by atoms with E-state index < -0.39 is 0 Å². The van der Waals surface area contributed by atoms with Crippen molar-refractivity contribution in [1.82, 2.24) is 9.97 Å². The first-order valence-corrected chi connectivity index (χ1v) is 6.19. The molecular weight excluding hydrogens is 224 g/mol. The Morgan fingerprint density at radius 2 is 2.00 bits per heavy atom. The van der Waals surface area contributed by atoms with Crippen LogP contribution >= 0.6 is 0 Å². The molecule has 0 spiro atoms. The van der Waals surface area contributed by atoms with Crippen LogP contribution in [0.5, 0.6) is 0 Å². The van der Waals surface area contributed by atoms with Crippen LogP contribution in [0, 0.1) is 6.92 Å². The van der Waals surface area contributed by atoms with E-state index >= 15 is 0 Å². The van der Waals surface area contributed by atoms with E-state index in [1.165, 1.54) is 18.4 Å². The van der Waals surface area contributed by atoms with Gasteiger partial charge in [0.05, 0.1) is 0 Å². The molecule has 1 aromatic carbocycles. The van der Waals surface area contributed by atoms with E-state index in [-0.39, 0.29) is 0 Å². The second-order valence-electron chi connectivity index (χ2n) is 4.72. The summed E-state index contributed by atoms with van der Waals surface area (Å²) >= 11 is 0. The molecule has 0 saturated heterocycles. The number of hydrazine groups is 1. The molecule has 18 heavy (non-hydrogen) atoms. The van der Waals surface area contributed by atoms with E-state index in [1.54, 1.807) is 0 Å². The molecule has 1 aliphatic rings. The third-order valence-corrected chi connectivity index (χ3v) is 3.22. The van der Waals surface area contributed by atoms with Crippen LogP contribution in [0.15, 0.2) is 30.3 Å². The van der Waals surface area contributed by atoms with E-state index in [9.17, 15) is 0 Å². The zero-order chi connectivity index (χ0) is 12.5. The lowest BCUT2D eigenvalue weighted by atomic mass is 10.0. The van der Waals surface area contributed by atoms with Crippen molar-refractivity contribution in [3.8, 4) is 11.4 Å². The number of anilines is 1. The number of benzene rings is 1. The molecule has 3 rings (SSSR count). The van der Waals surface area contributed by atoms with E-state index in [4.69, 9.17) is 5.84 Å². The van der Waals surface area contributed by atoms with Crippen LogP contribution in [0.4, 0.5) is 5.82 Å². The highest BCUT2D eigenvalue weighted by atomic mass is 15.3. The SMILES string of the molecule is Cc1cc(NN)nc(-c2ccccc2C2CC2)n1. The molecule has 3 N–H and O–H groups in total. The molecule has 4 nitrogen and oxygen atoms in total. The molecule has 1 fully saturated rings. The minimum atomic E-state index is 0.656. The molecule has 0 atom stereocenters. The second-order valence-corrected chi connectivity index (χ2v) is 4.72. The number of hydrogen-bond acceptors (Lipinski definition) is 4. The van der Waals surface area contributed by atoms with Crippen molar-refractivity contribution in [3.05, 3.63) is 41.6 Å². The van der Waals surface area contributed by atoms with Gasteiger partial charge in [0.2, 0.25) is 0 Å². The third kappa shape index (κ3) is 2.07.